The molecule has 1 nitrogen and oxygen atoms in total. The maximum atomic E-state index is 2.90. The predicted molar refractivity (Wildman–Crippen MR) is 181 cm³/mol. The Kier molecular flexibility index (Phi) is 13.9. The molecular formula is C37H47NP2. The summed E-state index contributed by atoms with van der Waals surface area (Å²) in [5.41, 5.74) is 0. The highest BCUT2D eigenvalue weighted by Gasteiger charge is 2.31. The van der Waals surface area contributed by atoms with Gasteiger partial charge in [-0.15, -0.1) is 0 Å². The first-order valence-corrected chi connectivity index (χ1v) is 18.0. The normalized spacial score (nSPS) is 11.5. The molecule has 0 aliphatic heterocycles. The minimum atomic E-state index is -0.677. The minimum Gasteiger partial charge on any atom is -0.245 e. The molecule has 0 atom stereocenters. The molecule has 0 saturated carbocycles. The van der Waals surface area contributed by atoms with Crippen molar-refractivity contribution in [3.05, 3.63) is 121 Å². The van der Waals surface area contributed by atoms with Gasteiger partial charge in [-0.25, -0.2) is 4.44 Å². The van der Waals surface area contributed by atoms with E-state index in [4.69, 9.17) is 0 Å². The van der Waals surface area contributed by atoms with Crippen LogP contribution in [0.2, 0.25) is 0 Å². The van der Waals surface area contributed by atoms with Gasteiger partial charge in [0.15, 0.2) is 0 Å². The van der Waals surface area contributed by atoms with E-state index in [1.54, 1.807) is 0 Å². The first kappa shape index (κ1) is 30.7. The number of rotatable bonds is 18. The second-order valence-corrected chi connectivity index (χ2v) is 15.2. The molecule has 210 valence electrons. The Balaban J connectivity index is 1.55. The van der Waals surface area contributed by atoms with E-state index < -0.39 is 16.1 Å². The summed E-state index contributed by atoms with van der Waals surface area (Å²) in [6.45, 7) is 3.41. The summed E-state index contributed by atoms with van der Waals surface area (Å²) < 4.78 is 2.90. The molecule has 0 aromatic heterocycles. The van der Waals surface area contributed by atoms with Crippen molar-refractivity contribution < 1.29 is 0 Å². The molecule has 3 heteroatoms. The Hall–Kier alpha value is -2.30. The van der Waals surface area contributed by atoms with Crippen molar-refractivity contribution in [3.63, 3.8) is 0 Å². The van der Waals surface area contributed by atoms with E-state index in [0.29, 0.717) is 0 Å². The number of hydrogen-bond acceptors (Lipinski definition) is 1. The van der Waals surface area contributed by atoms with E-state index in [1.165, 1.54) is 91.8 Å². The summed E-state index contributed by atoms with van der Waals surface area (Å²) in [7, 11) is -1.35. The van der Waals surface area contributed by atoms with Gasteiger partial charge in [0, 0.05) is 22.7 Å². The van der Waals surface area contributed by atoms with Crippen LogP contribution < -0.4 is 21.2 Å². The molecular weight excluding hydrogens is 520 g/mol. The molecule has 40 heavy (non-hydrogen) atoms. The standard InChI is InChI=1S/C37H47NP2/c1-2-3-4-5-6-7-8-9-10-11-24-33-38(39(34-25-16-12-17-26-34)35-27-18-13-19-28-35)40(36-29-20-14-21-30-36)37-31-22-15-23-32-37/h12-23,25-32H,2-11,24,33H2,1H3. The molecule has 4 aromatic rings. The topological polar surface area (TPSA) is 3.24 Å². The van der Waals surface area contributed by atoms with E-state index in [2.05, 4.69) is 133 Å². The molecule has 0 amide bonds. The average molecular weight is 568 g/mol. The van der Waals surface area contributed by atoms with Crippen molar-refractivity contribution in [1.29, 1.82) is 0 Å². The van der Waals surface area contributed by atoms with Crippen LogP contribution in [0.1, 0.15) is 77.6 Å². The Bertz CT molecular complexity index is 1010. The van der Waals surface area contributed by atoms with Gasteiger partial charge in [-0.1, -0.05) is 192 Å². The van der Waals surface area contributed by atoms with Crippen molar-refractivity contribution in [2.75, 3.05) is 6.54 Å². The van der Waals surface area contributed by atoms with Crippen molar-refractivity contribution in [3.8, 4) is 0 Å². The van der Waals surface area contributed by atoms with Gasteiger partial charge >= 0.3 is 0 Å². The molecule has 0 saturated heterocycles. The van der Waals surface area contributed by atoms with Crippen LogP contribution in [0.3, 0.4) is 0 Å². The third-order valence-electron chi connectivity index (χ3n) is 7.43. The number of unbranched alkanes of at least 4 members (excludes halogenated alkanes) is 10. The van der Waals surface area contributed by atoms with Gasteiger partial charge < -0.3 is 0 Å². The van der Waals surface area contributed by atoms with E-state index in [-0.39, 0.29) is 0 Å². The lowest BCUT2D eigenvalue weighted by Gasteiger charge is -2.39. The summed E-state index contributed by atoms with van der Waals surface area (Å²) >= 11 is 0. The lowest BCUT2D eigenvalue weighted by molar-refractivity contribution is 0.537. The molecule has 0 spiro atoms. The Morgan fingerprint density at radius 1 is 0.375 bits per heavy atom. The van der Waals surface area contributed by atoms with Crippen molar-refractivity contribution in [2.24, 2.45) is 0 Å². The fourth-order valence-electron chi connectivity index (χ4n) is 5.31. The van der Waals surface area contributed by atoms with Crippen LogP contribution in [0.4, 0.5) is 0 Å². The highest BCUT2D eigenvalue weighted by atomic mass is 31.2. The van der Waals surface area contributed by atoms with E-state index in [9.17, 15) is 0 Å². The first-order valence-electron chi connectivity index (χ1n) is 15.5. The molecule has 0 unspecified atom stereocenters. The van der Waals surface area contributed by atoms with Gasteiger partial charge in [-0.05, 0) is 27.6 Å². The van der Waals surface area contributed by atoms with Crippen molar-refractivity contribution >= 4 is 37.4 Å². The van der Waals surface area contributed by atoms with E-state index in [1.807, 2.05) is 0 Å². The fourth-order valence-corrected chi connectivity index (χ4v) is 11.4. The third kappa shape index (κ3) is 9.66. The lowest BCUT2D eigenvalue weighted by Crippen LogP contribution is -2.32. The van der Waals surface area contributed by atoms with Crippen LogP contribution >= 0.6 is 16.1 Å². The predicted octanol–water partition coefficient (Wildman–Crippen LogP) is 9.70. The first-order chi connectivity index (χ1) is 19.9. The van der Waals surface area contributed by atoms with Crippen molar-refractivity contribution in [1.82, 2.24) is 4.44 Å². The zero-order chi connectivity index (χ0) is 27.7. The molecule has 4 aromatic carbocycles. The van der Waals surface area contributed by atoms with Gasteiger partial charge in [0.05, 0.1) is 0 Å². The van der Waals surface area contributed by atoms with Crippen LogP contribution in [0.5, 0.6) is 0 Å². The fraction of sp³-hybridized carbons (Fsp3) is 0.351. The van der Waals surface area contributed by atoms with E-state index >= 15 is 0 Å². The van der Waals surface area contributed by atoms with Gasteiger partial charge in [0.2, 0.25) is 0 Å². The molecule has 0 N–H and O–H groups in total. The second-order valence-electron chi connectivity index (χ2n) is 10.6. The van der Waals surface area contributed by atoms with Gasteiger partial charge in [-0.3, -0.25) is 0 Å². The van der Waals surface area contributed by atoms with Crippen LogP contribution in [-0.2, 0) is 0 Å². The van der Waals surface area contributed by atoms with Crippen LogP contribution in [0.25, 0.3) is 0 Å². The molecule has 4 rings (SSSR count). The molecule has 0 heterocycles. The number of nitrogens with zero attached hydrogens (tertiary/aromatic N) is 1. The molecule has 0 aliphatic rings. The lowest BCUT2D eigenvalue weighted by atomic mass is 10.1. The second kappa shape index (κ2) is 18.2. The summed E-state index contributed by atoms with van der Waals surface area (Å²) in [6, 6.07) is 45.0. The SMILES string of the molecule is CCCCCCCCCCCCCN(P(c1ccccc1)c1ccccc1)P(c1ccccc1)c1ccccc1. The average Bonchev–Trinajstić information content (AvgIpc) is 3.02. The Labute approximate surface area is 246 Å². The monoisotopic (exact) mass is 567 g/mol. The number of hydrogen-bond donors (Lipinski definition) is 0. The summed E-state index contributed by atoms with van der Waals surface area (Å²) in [5.74, 6) is 0. The molecule has 0 fully saturated rings. The Morgan fingerprint density at radius 2 is 0.650 bits per heavy atom. The zero-order valence-corrected chi connectivity index (χ0v) is 26.2. The summed E-state index contributed by atoms with van der Waals surface area (Å²) in [5, 5.41) is 5.74. The van der Waals surface area contributed by atoms with Gasteiger partial charge in [0.1, 0.15) is 0 Å². The quantitative estimate of drug-likeness (QED) is 0.0855. The maximum Gasteiger partial charge on any atom is 0.0323 e. The van der Waals surface area contributed by atoms with E-state index in [0.717, 1.165) is 6.54 Å². The van der Waals surface area contributed by atoms with Crippen LogP contribution in [0, 0.1) is 0 Å². The summed E-state index contributed by atoms with van der Waals surface area (Å²) in [6.07, 6.45) is 15.1. The number of benzene rings is 4. The molecule has 0 aliphatic carbocycles. The zero-order valence-electron chi connectivity index (χ0n) is 24.4. The largest absolute Gasteiger partial charge is 0.245 e. The Morgan fingerprint density at radius 3 is 0.950 bits per heavy atom. The smallest absolute Gasteiger partial charge is 0.0323 e. The summed E-state index contributed by atoms with van der Waals surface area (Å²) in [4.78, 5) is 0. The van der Waals surface area contributed by atoms with Gasteiger partial charge in [-0.2, -0.15) is 0 Å². The van der Waals surface area contributed by atoms with Crippen molar-refractivity contribution in [2.45, 2.75) is 77.6 Å². The molecule has 0 bridgehead atoms. The highest BCUT2D eigenvalue weighted by Crippen LogP contribution is 2.54. The minimum absolute atomic E-state index is 0.677. The van der Waals surface area contributed by atoms with Gasteiger partial charge in [0.25, 0.3) is 0 Å². The highest BCUT2D eigenvalue weighted by molar-refractivity contribution is 7.84. The third-order valence-corrected chi connectivity index (χ3v) is 13.0. The molecule has 0 radical (unpaired) electrons. The van der Waals surface area contributed by atoms with Crippen LogP contribution in [0.15, 0.2) is 121 Å². The maximum absolute atomic E-state index is 2.90. The van der Waals surface area contributed by atoms with Crippen LogP contribution in [-0.4, -0.2) is 11.0 Å².